The highest BCUT2D eigenvalue weighted by Crippen LogP contribution is 2.30. The maximum Gasteiger partial charge on any atom is 0.416 e. The van der Waals surface area contributed by atoms with E-state index < -0.39 is 11.7 Å². The van der Waals surface area contributed by atoms with Gasteiger partial charge in [-0.1, -0.05) is 29.8 Å². The Bertz CT molecular complexity index is 636. The van der Waals surface area contributed by atoms with Crippen molar-refractivity contribution in [3.05, 3.63) is 64.2 Å². The lowest BCUT2D eigenvalue weighted by Crippen LogP contribution is -2.05. The van der Waals surface area contributed by atoms with Crippen molar-refractivity contribution in [3.63, 3.8) is 0 Å². The molecule has 2 aromatic rings. The molecule has 0 saturated heterocycles. The highest BCUT2D eigenvalue weighted by Gasteiger charge is 2.29. The van der Waals surface area contributed by atoms with Gasteiger partial charge in [-0.3, -0.25) is 4.79 Å². The average molecular weight is 315 g/mol. The fourth-order valence-corrected chi connectivity index (χ4v) is 1.91. The molecule has 0 saturated carbocycles. The van der Waals surface area contributed by atoms with Crippen LogP contribution in [0, 0.1) is 0 Å². The molecule has 21 heavy (non-hydrogen) atoms. The van der Waals surface area contributed by atoms with E-state index in [2.05, 4.69) is 0 Å². The van der Waals surface area contributed by atoms with E-state index >= 15 is 0 Å². The fourth-order valence-electron chi connectivity index (χ4n) is 1.68. The topological polar surface area (TPSA) is 26.3 Å². The van der Waals surface area contributed by atoms with Crippen LogP contribution in [0.15, 0.2) is 42.5 Å². The van der Waals surface area contributed by atoms with Crippen LogP contribution in [-0.4, -0.2) is 6.29 Å². The van der Waals surface area contributed by atoms with E-state index in [9.17, 15) is 18.0 Å². The average Bonchev–Trinajstić information content (AvgIpc) is 2.46. The second-order valence-corrected chi connectivity index (χ2v) is 4.64. The van der Waals surface area contributed by atoms with Crippen molar-refractivity contribution in [2.45, 2.75) is 12.8 Å². The minimum atomic E-state index is -4.36. The maximum absolute atomic E-state index is 12.4. The van der Waals surface area contributed by atoms with Crippen LogP contribution in [0.5, 0.6) is 5.75 Å². The Morgan fingerprint density at radius 3 is 2.33 bits per heavy atom. The summed E-state index contributed by atoms with van der Waals surface area (Å²) in [5.41, 5.74) is 0.143. The molecule has 2 rings (SSSR count). The van der Waals surface area contributed by atoms with Gasteiger partial charge in [0.05, 0.1) is 10.6 Å². The lowest BCUT2D eigenvalue weighted by molar-refractivity contribution is -0.137. The Morgan fingerprint density at radius 2 is 1.76 bits per heavy atom. The molecule has 0 unspecified atom stereocenters. The van der Waals surface area contributed by atoms with Crippen LogP contribution in [0.25, 0.3) is 0 Å². The van der Waals surface area contributed by atoms with Gasteiger partial charge in [0.15, 0.2) is 6.29 Å². The molecule has 0 fully saturated rings. The minimum absolute atomic E-state index is 0.0557. The van der Waals surface area contributed by atoms with Gasteiger partial charge in [0.25, 0.3) is 0 Å². The molecule has 0 atom stereocenters. The van der Waals surface area contributed by atoms with E-state index in [1.54, 1.807) is 18.2 Å². The number of ether oxygens (including phenoxy) is 1. The molecule has 0 aromatic heterocycles. The number of carbonyl (C=O) groups is 1. The molecule has 0 bridgehead atoms. The van der Waals surface area contributed by atoms with Crippen molar-refractivity contribution in [3.8, 4) is 5.75 Å². The molecule has 0 heterocycles. The smallest absolute Gasteiger partial charge is 0.416 e. The normalized spacial score (nSPS) is 11.2. The predicted octanol–water partition coefficient (Wildman–Crippen LogP) is 4.75. The molecule has 0 aliphatic heterocycles. The molecule has 0 aliphatic rings. The number of rotatable bonds is 4. The van der Waals surface area contributed by atoms with Crippen LogP contribution in [0.2, 0.25) is 5.02 Å². The van der Waals surface area contributed by atoms with Crippen molar-refractivity contribution in [1.82, 2.24) is 0 Å². The molecular formula is C15H10ClF3O2. The molecule has 2 nitrogen and oxygen atoms in total. The Labute approximate surface area is 124 Å². The summed E-state index contributed by atoms with van der Waals surface area (Å²) in [5, 5.41) is 0.180. The molecule has 2 aromatic carbocycles. The molecule has 0 amide bonds. The third kappa shape index (κ3) is 3.76. The van der Waals surface area contributed by atoms with Crippen LogP contribution in [0.3, 0.4) is 0 Å². The van der Waals surface area contributed by atoms with Crippen LogP contribution < -0.4 is 4.74 Å². The van der Waals surface area contributed by atoms with E-state index in [4.69, 9.17) is 16.3 Å². The first kappa shape index (κ1) is 15.4. The summed E-state index contributed by atoms with van der Waals surface area (Å²) in [6.07, 6.45) is -3.76. The first-order valence-corrected chi connectivity index (χ1v) is 6.32. The van der Waals surface area contributed by atoms with Gasteiger partial charge in [-0.05, 0) is 29.8 Å². The number of alkyl halides is 3. The van der Waals surface area contributed by atoms with Crippen molar-refractivity contribution in [1.29, 1.82) is 0 Å². The lowest BCUT2D eigenvalue weighted by atomic mass is 10.1. The van der Waals surface area contributed by atoms with Crippen molar-refractivity contribution in [2.24, 2.45) is 0 Å². The summed E-state index contributed by atoms with van der Waals surface area (Å²) in [5.74, 6) is 0.307. The minimum Gasteiger partial charge on any atom is -0.487 e. The van der Waals surface area contributed by atoms with E-state index in [1.165, 1.54) is 12.1 Å². The van der Waals surface area contributed by atoms with Gasteiger partial charge in [0, 0.05) is 5.56 Å². The first-order valence-electron chi connectivity index (χ1n) is 5.94. The first-order chi connectivity index (χ1) is 9.91. The van der Waals surface area contributed by atoms with E-state index in [-0.39, 0.29) is 11.6 Å². The summed E-state index contributed by atoms with van der Waals surface area (Å²) in [7, 11) is 0. The number of aldehydes is 1. The quantitative estimate of drug-likeness (QED) is 0.761. The molecular weight excluding hydrogens is 305 g/mol. The van der Waals surface area contributed by atoms with Gasteiger partial charge in [-0.25, -0.2) is 0 Å². The van der Waals surface area contributed by atoms with Gasteiger partial charge in [0.2, 0.25) is 0 Å². The zero-order chi connectivity index (χ0) is 15.5. The van der Waals surface area contributed by atoms with Crippen molar-refractivity contribution in [2.75, 3.05) is 0 Å². The third-order valence-corrected chi connectivity index (χ3v) is 3.20. The summed E-state index contributed by atoms with van der Waals surface area (Å²) in [6.45, 7) is 0.0557. The third-order valence-electron chi connectivity index (χ3n) is 2.80. The van der Waals surface area contributed by atoms with Gasteiger partial charge >= 0.3 is 6.18 Å². The second kappa shape index (κ2) is 6.18. The van der Waals surface area contributed by atoms with Crippen LogP contribution >= 0.6 is 11.6 Å². The zero-order valence-corrected chi connectivity index (χ0v) is 11.4. The Kier molecular flexibility index (Phi) is 4.53. The fraction of sp³-hybridized carbons (Fsp3) is 0.133. The van der Waals surface area contributed by atoms with Gasteiger partial charge in [0.1, 0.15) is 12.4 Å². The summed E-state index contributed by atoms with van der Waals surface area (Å²) in [4.78, 5) is 10.7. The van der Waals surface area contributed by atoms with Gasteiger partial charge < -0.3 is 4.74 Å². The number of hydrogen-bond acceptors (Lipinski definition) is 2. The Hall–Kier alpha value is -2.01. The van der Waals surface area contributed by atoms with E-state index in [0.29, 0.717) is 23.2 Å². The van der Waals surface area contributed by atoms with Crippen molar-refractivity contribution < 1.29 is 22.7 Å². The van der Waals surface area contributed by atoms with E-state index in [1.807, 2.05) is 0 Å². The molecule has 0 aliphatic carbocycles. The number of halogens is 4. The van der Waals surface area contributed by atoms with Crippen LogP contribution in [0.4, 0.5) is 13.2 Å². The number of benzene rings is 2. The molecule has 6 heteroatoms. The Morgan fingerprint density at radius 1 is 1.10 bits per heavy atom. The highest BCUT2D eigenvalue weighted by molar-refractivity contribution is 6.34. The standard InChI is InChI=1S/C15H10ClF3O2/c16-14-11(8-20)2-1-3-13(14)21-9-10-4-6-12(7-5-10)15(17,18)19/h1-8H,9H2. The zero-order valence-electron chi connectivity index (χ0n) is 10.7. The molecule has 0 N–H and O–H groups in total. The molecule has 110 valence electrons. The van der Waals surface area contributed by atoms with E-state index in [0.717, 1.165) is 12.1 Å². The monoisotopic (exact) mass is 314 g/mol. The summed E-state index contributed by atoms with van der Waals surface area (Å²) in [6, 6.07) is 9.38. The largest absolute Gasteiger partial charge is 0.487 e. The Balaban J connectivity index is 2.08. The summed E-state index contributed by atoms with van der Waals surface area (Å²) >= 11 is 5.96. The lowest BCUT2D eigenvalue weighted by Gasteiger charge is -2.10. The van der Waals surface area contributed by atoms with Crippen molar-refractivity contribution >= 4 is 17.9 Å². The predicted molar refractivity (Wildman–Crippen MR) is 72.6 cm³/mol. The maximum atomic E-state index is 12.4. The SMILES string of the molecule is O=Cc1cccc(OCc2ccc(C(F)(F)F)cc2)c1Cl. The van der Waals surface area contributed by atoms with Gasteiger partial charge in [-0.15, -0.1) is 0 Å². The number of carbonyl (C=O) groups excluding carboxylic acids is 1. The van der Waals surface area contributed by atoms with Crippen LogP contribution in [-0.2, 0) is 12.8 Å². The highest BCUT2D eigenvalue weighted by atomic mass is 35.5. The van der Waals surface area contributed by atoms with Gasteiger partial charge in [-0.2, -0.15) is 13.2 Å². The number of hydrogen-bond donors (Lipinski definition) is 0. The second-order valence-electron chi connectivity index (χ2n) is 4.26. The van der Waals surface area contributed by atoms with Crippen LogP contribution in [0.1, 0.15) is 21.5 Å². The molecule has 0 radical (unpaired) electrons. The summed E-state index contributed by atoms with van der Waals surface area (Å²) < 4.78 is 42.7. The molecule has 0 spiro atoms.